The van der Waals surface area contributed by atoms with Crippen molar-refractivity contribution in [2.45, 2.75) is 13.0 Å². The van der Waals surface area contributed by atoms with E-state index < -0.39 is 0 Å². The Morgan fingerprint density at radius 3 is 2.80 bits per heavy atom. The molecule has 1 aliphatic heterocycles. The second-order valence-electron chi connectivity index (χ2n) is 7.18. The standard InChI is InChI=1S/C22H22ClN3O4/c1-29-14-4-6-19(20(10-14)30-2)25-21(27)12-26-8-7-18-16(11-26)22(28)15-9-13(23)3-5-17(15)24-18/h3-6,9-10H,7-8,11-12H2,1-2H3,(H,24,28)(H,25,27). The van der Waals surface area contributed by atoms with Gasteiger partial charge in [0.1, 0.15) is 11.5 Å². The number of hydrogen-bond donors (Lipinski definition) is 2. The lowest BCUT2D eigenvalue weighted by Crippen LogP contribution is -2.39. The fourth-order valence-electron chi connectivity index (χ4n) is 3.73. The number of ether oxygens (including phenoxy) is 2. The Hall–Kier alpha value is -3.03. The predicted molar refractivity (Wildman–Crippen MR) is 117 cm³/mol. The first-order valence-corrected chi connectivity index (χ1v) is 9.94. The molecule has 2 heterocycles. The minimum Gasteiger partial charge on any atom is -0.497 e. The summed E-state index contributed by atoms with van der Waals surface area (Å²) in [5.41, 5.74) is 2.91. The number of aromatic nitrogens is 1. The van der Waals surface area contributed by atoms with Crippen molar-refractivity contribution >= 4 is 34.1 Å². The van der Waals surface area contributed by atoms with Crippen LogP contribution in [-0.2, 0) is 17.8 Å². The number of H-pyrrole nitrogens is 1. The first-order valence-electron chi connectivity index (χ1n) is 9.56. The van der Waals surface area contributed by atoms with Crippen molar-refractivity contribution in [2.24, 2.45) is 0 Å². The first-order chi connectivity index (χ1) is 14.5. The summed E-state index contributed by atoms with van der Waals surface area (Å²) in [5, 5.41) is 3.96. The van der Waals surface area contributed by atoms with Gasteiger partial charge in [-0.25, -0.2) is 0 Å². The number of benzene rings is 2. The topological polar surface area (TPSA) is 83.7 Å². The number of carbonyl (C=O) groups is 1. The van der Waals surface area contributed by atoms with Crippen LogP contribution in [0.25, 0.3) is 10.9 Å². The Labute approximate surface area is 178 Å². The molecule has 2 aromatic carbocycles. The number of rotatable bonds is 5. The van der Waals surface area contributed by atoms with Gasteiger partial charge in [0.25, 0.3) is 0 Å². The lowest BCUT2D eigenvalue weighted by Gasteiger charge is -2.28. The molecule has 156 valence electrons. The van der Waals surface area contributed by atoms with Crippen molar-refractivity contribution in [3.63, 3.8) is 0 Å². The number of anilines is 1. The minimum absolute atomic E-state index is 0.0387. The quantitative estimate of drug-likeness (QED) is 0.653. The largest absolute Gasteiger partial charge is 0.497 e. The fraction of sp³-hybridized carbons (Fsp3) is 0.273. The summed E-state index contributed by atoms with van der Waals surface area (Å²) < 4.78 is 10.5. The molecule has 8 heteroatoms. The van der Waals surface area contributed by atoms with Gasteiger partial charge < -0.3 is 19.8 Å². The zero-order valence-corrected chi connectivity index (χ0v) is 17.5. The van der Waals surface area contributed by atoms with Crippen molar-refractivity contribution in [3.05, 3.63) is 62.9 Å². The van der Waals surface area contributed by atoms with Crippen LogP contribution in [0.2, 0.25) is 5.02 Å². The van der Waals surface area contributed by atoms with Gasteiger partial charge in [0.2, 0.25) is 5.91 Å². The maximum absolute atomic E-state index is 13.0. The molecule has 0 radical (unpaired) electrons. The van der Waals surface area contributed by atoms with E-state index in [0.717, 1.165) is 11.2 Å². The van der Waals surface area contributed by atoms with Crippen molar-refractivity contribution in [1.29, 1.82) is 0 Å². The van der Waals surface area contributed by atoms with Crippen LogP contribution in [-0.4, -0.2) is 43.1 Å². The molecule has 0 saturated carbocycles. The highest BCUT2D eigenvalue weighted by molar-refractivity contribution is 6.31. The normalized spacial score (nSPS) is 13.7. The lowest BCUT2D eigenvalue weighted by molar-refractivity contribution is -0.117. The van der Waals surface area contributed by atoms with Gasteiger partial charge in [0, 0.05) is 52.8 Å². The third-order valence-corrected chi connectivity index (χ3v) is 5.50. The van der Waals surface area contributed by atoms with Crippen molar-refractivity contribution in [2.75, 3.05) is 32.6 Å². The molecule has 2 N–H and O–H groups in total. The van der Waals surface area contributed by atoms with E-state index >= 15 is 0 Å². The molecule has 0 spiro atoms. The van der Waals surface area contributed by atoms with E-state index in [1.54, 1.807) is 37.4 Å². The Morgan fingerprint density at radius 1 is 1.20 bits per heavy atom. The Balaban J connectivity index is 1.50. The van der Waals surface area contributed by atoms with Crippen LogP contribution in [0.3, 0.4) is 0 Å². The summed E-state index contributed by atoms with van der Waals surface area (Å²) in [6.07, 6.45) is 0.669. The van der Waals surface area contributed by atoms with Gasteiger partial charge in [0.15, 0.2) is 5.43 Å². The van der Waals surface area contributed by atoms with E-state index in [1.807, 2.05) is 11.0 Å². The van der Waals surface area contributed by atoms with Gasteiger partial charge in [-0.15, -0.1) is 0 Å². The van der Waals surface area contributed by atoms with E-state index in [4.69, 9.17) is 21.1 Å². The van der Waals surface area contributed by atoms with E-state index in [-0.39, 0.29) is 17.9 Å². The van der Waals surface area contributed by atoms with Gasteiger partial charge in [-0.2, -0.15) is 0 Å². The molecule has 0 atom stereocenters. The van der Waals surface area contributed by atoms with Gasteiger partial charge in [-0.3, -0.25) is 14.5 Å². The smallest absolute Gasteiger partial charge is 0.238 e. The Kier molecular flexibility index (Phi) is 5.65. The molecule has 0 saturated heterocycles. The fourth-order valence-corrected chi connectivity index (χ4v) is 3.91. The summed E-state index contributed by atoms with van der Waals surface area (Å²) in [4.78, 5) is 30.9. The molecule has 1 amide bonds. The molecule has 0 unspecified atom stereocenters. The number of halogens is 1. The monoisotopic (exact) mass is 427 g/mol. The van der Waals surface area contributed by atoms with Crippen LogP contribution in [0.15, 0.2) is 41.2 Å². The SMILES string of the molecule is COc1ccc(NC(=O)CN2CCc3[nH]c4ccc(Cl)cc4c(=O)c3C2)c(OC)c1. The summed E-state index contributed by atoms with van der Waals surface area (Å²) in [6, 6.07) is 10.5. The average Bonchev–Trinajstić information content (AvgIpc) is 2.75. The maximum Gasteiger partial charge on any atom is 0.238 e. The molecular formula is C22H22ClN3O4. The number of hydrogen-bond acceptors (Lipinski definition) is 5. The molecule has 1 aromatic heterocycles. The van der Waals surface area contributed by atoms with Crippen molar-refractivity contribution in [3.8, 4) is 11.5 Å². The Morgan fingerprint density at radius 2 is 2.03 bits per heavy atom. The second kappa shape index (κ2) is 8.38. The van der Waals surface area contributed by atoms with Crippen molar-refractivity contribution < 1.29 is 14.3 Å². The molecule has 0 bridgehead atoms. The minimum atomic E-state index is -0.179. The van der Waals surface area contributed by atoms with Crippen LogP contribution in [0.1, 0.15) is 11.3 Å². The summed E-state index contributed by atoms with van der Waals surface area (Å²) in [6.45, 7) is 1.25. The number of pyridine rings is 1. The summed E-state index contributed by atoms with van der Waals surface area (Å²) in [7, 11) is 3.11. The Bertz CT molecular complexity index is 1170. The number of nitrogens with zero attached hydrogens (tertiary/aromatic N) is 1. The van der Waals surface area contributed by atoms with Crippen molar-refractivity contribution in [1.82, 2.24) is 9.88 Å². The van der Waals surface area contributed by atoms with Gasteiger partial charge >= 0.3 is 0 Å². The van der Waals surface area contributed by atoms with Crippen LogP contribution in [0, 0.1) is 0 Å². The number of amides is 1. The number of methoxy groups -OCH3 is 2. The molecule has 7 nitrogen and oxygen atoms in total. The molecule has 1 aliphatic rings. The molecule has 0 aliphatic carbocycles. The van der Waals surface area contributed by atoms with Crippen LogP contribution in [0.4, 0.5) is 5.69 Å². The van der Waals surface area contributed by atoms with E-state index in [2.05, 4.69) is 10.3 Å². The van der Waals surface area contributed by atoms with Crippen LogP contribution in [0.5, 0.6) is 11.5 Å². The number of fused-ring (bicyclic) bond motifs is 2. The maximum atomic E-state index is 13.0. The summed E-state index contributed by atoms with van der Waals surface area (Å²) >= 11 is 6.06. The van der Waals surface area contributed by atoms with E-state index in [9.17, 15) is 9.59 Å². The molecule has 3 aromatic rings. The zero-order chi connectivity index (χ0) is 21.3. The highest BCUT2D eigenvalue weighted by Gasteiger charge is 2.23. The summed E-state index contributed by atoms with van der Waals surface area (Å²) in [5.74, 6) is 0.984. The third kappa shape index (κ3) is 3.99. The second-order valence-corrected chi connectivity index (χ2v) is 7.61. The van der Waals surface area contributed by atoms with E-state index in [1.165, 1.54) is 7.11 Å². The number of aromatic amines is 1. The number of carbonyl (C=O) groups excluding carboxylic acids is 1. The van der Waals surface area contributed by atoms with Gasteiger partial charge in [-0.1, -0.05) is 11.6 Å². The average molecular weight is 428 g/mol. The lowest BCUT2D eigenvalue weighted by atomic mass is 10.0. The number of nitrogens with one attached hydrogen (secondary N) is 2. The van der Waals surface area contributed by atoms with Gasteiger partial charge in [-0.05, 0) is 30.3 Å². The molecule has 4 rings (SSSR count). The molecule has 0 fully saturated rings. The highest BCUT2D eigenvalue weighted by atomic mass is 35.5. The van der Waals surface area contributed by atoms with Gasteiger partial charge in [0.05, 0.1) is 26.5 Å². The third-order valence-electron chi connectivity index (χ3n) is 5.26. The van der Waals surface area contributed by atoms with E-state index in [0.29, 0.717) is 52.7 Å². The van der Waals surface area contributed by atoms with Crippen LogP contribution >= 0.6 is 11.6 Å². The molecule has 30 heavy (non-hydrogen) atoms. The molecular weight excluding hydrogens is 406 g/mol. The predicted octanol–water partition coefficient (Wildman–Crippen LogP) is 3.20. The van der Waals surface area contributed by atoms with Crippen LogP contribution < -0.4 is 20.2 Å². The zero-order valence-electron chi connectivity index (χ0n) is 16.8. The first kappa shape index (κ1) is 20.3. The highest BCUT2D eigenvalue weighted by Crippen LogP contribution is 2.29.